The minimum Gasteiger partial charge on any atom is -0.495 e. The highest BCUT2D eigenvalue weighted by atomic mass is 35.5. The molecule has 0 bridgehead atoms. The van der Waals surface area contributed by atoms with Gasteiger partial charge in [-0.05, 0) is 43.0 Å². The van der Waals surface area contributed by atoms with E-state index in [0.717, 1.165) is 12.1 Å². The Labute approximate surface area is 176 Å². The number of ether oxygens (including phenoxy) is 2. The Morgan fingerprint density at radius 1 is 1.30 bits per heavy atom. The highest BCUT2D eigenvalue weighted by Gasteiger charge is 2.42. The van der Waals surface area contributed by atoms with Gasteiger partial charge in [0.05, 0.1) is 24.8 Å². The predicted octanol–water partition coefficient (Wildman–Crippen LogP) is 4.48. The molecule has 162 valence electrons. The SMILES string of the molecule is CCc1cn(-c2ccc(/C=C(/CCCCl)C(=O)OC(=O)C(F)(F)F)cc2OC)cn1. The first-order valence-electron chi connectivity index (χ1n) is 9.00. The molecule has 0 unspecified atom stereocenters. The highest BCUT2D eigenvalue weighted by molar-refractivity contribution is 6.17. The molecule has 2 rings (SSSR count). The fourth-order valence-corrected chi connectivity index (χ4v) is 2.71. The minimum atomic E-state index is -5.26. The molecule has 1 heterocycles. The van der Waals surface area contributed by atoms with Crippen LogP contribution in [0.1, 0.15) is 31.0 Å². The van der Waals surface area contributed by atoms with Gasteiger partial charge in [0, 0.05) is 17.6 Å². The first kappa shape index (κ1) is 23.5. The van der Waals surface area contributed by atoms with Crippen molar-refractivity contribution >= 4 is 29.6 Å². The zero-order valence-corrected chi connectivity index (χ0v) is 17.1. The molecule has 0 saturated carbocycles. The molecule has 0 spiro atoms. The molecular formula is C20H20ClF3N2O4. The number of aromatic nitrogens is 2. The molecule has 0 aliphatic heterocycles. The standard InChI is InChI=1S/C20H20ClF3N2O4/c1-3-15-11-26(12-25-15)16-7-6-13(10-17(16)29-2)9-14(5-4-8-21)18(27)30-19(28)20(22,23)24/h6-7,9-12H,3-5,8H2,1-2H3/b14-9-. The summed E-state index contributed by atoms with van der Waals surface area (Å²) in [7, 11) is 1.47. The Morgan fingerprint density at radius 3 is 2.60 bits per heavy atom. The van der Waals surface area contributed by atoms with E-state index < -0.39 is 18.1 Å². The summed E-state index contributed by atoms with van der Waals surface area (Å²) in [6, 6.07) is 4.99. The molecule has 1 aromatic carbocycles. The number of nitrogens with zero attached hydrogens (tertiary/aromatic N) is 2. The molecule has 0 fully saturated rings. The molecule has 0 atom stereocenters. The zero-order valence-electron chi connectivity index (χ0n) is 16.3. The third-order valence-corrected chi connectivity index (χ3v) is 4.35. The van der Waals surface area contributed by atoms with Crippen molar-refractivity contribution in [2.75, 3.05) is 13.0 Å². The fourth-order valence-electron chi connectivity index (χ4n) is 2.57. The highest BCUT2D eigenvalue weighted by Crippen LogP contribution is 2.27. The van der Waals surface area contributed by atoms with Crippen LogP contribution in [0, 0.1) is 0 Å². The van der Waals surface area contributed by atoms with Crippen LogP contribution in [0.4, 0.5) is 13.2 Å². The molecule has 0 aliphatic rings. The van der Waals surface area contributed by atoms with Crippen LogP contribution in [0.2, 0.25) is 0 Å². The Bertz CT molecular complexity index is 938. The lowest BCUT2D eigenvalue weighted by molar-refractivity contribution is -0.200. The minimum absolute atomic E-state index is 0.0406. The van der Waals surface area contributed by atoms with Crippen molar-refractivity contribution in [3.63, 3.8) is 0 Å². The van der Waals surface area contributed by atoms with Gasteiger partial charge in [0.15, 0.2) is 0 Å². The lowest BCUT2D eigenvalue weighted by atomic mass is 10.1. The molecule has 6 nitrogen and oxygen atoms in total. The Hall–Kier alpha value is -2.81. The molecule has 0 N–H and O–H groups in total. The maximum absolute atomic E-state index is 12.4. The van der Waals surface area contributed by atoms with Gasteiger partial charge in [0.25, 0.3) is 0 Å². The van der Waals surface area contributed by atoms with Crippen molar-refractivity contribution in [1.29, 1.82) is 0 Å². The molecule has 0 amide bonds. The van der Waals surface area contributed by atoms with Crippen LogP contribution >= 0.6 is 11.6 Å². The van der Waals surface area contributed by atoms with E-state index in [9.17, 15) is 22.8 Å². The van der Waals surface area contributed by atoms with Crippen molar-refractivity contribution < 1.29 is 32.2 Å². The number of esters is 2. The van der Waals surface area contributed by atoms with E-state index in [2.05, 4.69) is 9.72 Å². The molecule has 1 aromatic heterocycles. The number of alkyl halides is 4. The molecule has 0 radical (unpaired) electrons. The van der Waals surface area contributed by atoms with Gasteiger partial charge in [-0.3, -0.25) is 0 Å². The van der Waals surface area contributed by atoms with Crippen LogP contribution in [-0.2, 0) is 20.7 Å². The second-order valence-corrected chi connectivity index (χ2v) is 6.57. The van der Waals surface area contributed by atoms with Crippen LogP contribution in [0.3, 0.4) is 0 Å². The summed E-state index contributed by atoms with van der Waals surface area (Å²) >= 11 is 5.63. The smallest absolute Gasteiger partial charge is 0.491 e. The lowest BCUT2D eigenvalue weighted by Gasteiger charge is -2.11. The number of methoxy groups -OCH3 is 1. The van der Waals surface area contributed by atoms with Gasteiger partial charge in [0.1, 0.15) is 5.75 Å². The maximum Gasteiger partial charge on any atom is 0.491 e. The number of imidazole rings is 1. The first-order chi connectivity index (χ1) is 14.2. The first-order valence-corrected chi connectivity index (χ1v) is 9.54. The van der Waals surface area contributed by atoms with Gasteiger partial charge in [-0.15, -0.1) is 11.6 Å². The average molecular weight is 445 g/mol. The lowest BCUT2D eigenvalue weighted by Crippen LogP contribution is -2.28. The Kier molecular flexibility index (Phi) is 8.05. The number of carbonyl (C=O) groups is 2. The van der Waals surface area contributed by atoms with Crippen LogP contribution in [0.5, 0.6) is 5.75 Å². The predicted molar refractivity (Wildman–Crippen MR) is 105 cm³/mol. The largest absolute Gasteiger partial charge is 0.495 e. The van der Waals surface area contributed by atoms with Crippen molar-refractivity contribution in [1.82, 2.24) is 9.55 Å². The summed E-state index contributed by atoms with van der Waals surface area (Å²) < 4.78 is 48.3. The van der Waals surface area contributed by atoms with Crippen molar-refractivity contribution in [3.05, 3.63) is 47.6 Å². The Balaban J connectivity index is 2.34. The molecule has 0 saturated heterocycles. The maximum atomic E-state index is 12.4. The van der Waals surface area contributed by atoms with E-state index >= 15 is 0 Å². The summed E-state index contributed by atoms with van der Waals surface area (Å²) in [4.78, 5) is 27.3. The summed E-state index contributed by atoms with van der Waals surface area (Å²) in [6.07, 6.45) is 0.679. The zero-order chi connectivity index (χ0) is 22.3. The monoisotopic (exact) mass is 444 g/mol. The van der Waals surface area contributed by atoms with E-state index in [1.54, 1.807) is 29.1 Å². The third-order valence-electron chi connectivity index (χ3n) is 4.08. The molecule has 0 aliphatic carbocycles. The average Bonchev–Trinajstić information content (AvgIpc) is 3.19. The van der Waals surface area contributed by atoms with Gasteiger partial charge in [-0.25, -0.2) is 14.6 Å². The normalized spacial score (nSPS) is 12.0. The summed E-state index contributed by atoms with van der Waals surface area (Å²) in [5, 5.41) is 0. The Morgan fingerprint density at radius 2 is 2.03 bits per heavy atom. The number of hydrogen-bond donors (Lipinski definition) is 0. The number of hydrogen-bond acceptors (Lipinski definition) is 5. The molecule has 30 heavy (non-hydrogen) atoms. The van der Waals surface area contributed by atoms with E-state index in [4.69, 9.17) is 16.3 Å². The number of halogens is 4. The number of rotatable bonds is 8. The van der Waals surface area contributed by atoms with Crippen molar-refractivity contribution in [2.24, 2.45) is 0 Å². The van der Waals surface area contributed by atoms with E-state index in [-0.39, 0.29) is 17.9 Å². The van der Waals surface area contributed by atoms with Crippen LogP contribution in [0.25, 0.3) is 11.8 Å². The van der Waals surface area contributed by atoms with Gasteiger partial charge >= 0.3 is 18.1 Å². The van der Waals surface area contributed by atoms with Gasteiger partial charge in [0.2, 0.25) is 0 Å². The summed E-state index contributed by atoms with van der Waals surface area (Å²) in [5.74, 6) is -3.29. The number of benzene rings is 1. The summed E-state index contributed by atoms with van der Waals surface area (Å²) in [5.41, 5.74) is 1.95. The van der Waals surface area contributed by atoms with E-state index in [0.29, 0.717) is 23.4 Å². The van der Waals surface area contributed by atoms with Crippen LogP contribution < -0.4 is 4.74 Å². The molecule has 10 heteroatoms. The van der Waals surface area contributed by atoms with Gasteiger partial charge < -0.3 is 14.0 Å². The molecular weight excluding hydrogens is 425 g/mol. The number of aryl methyl sites for hydroxylation is 1. The number of carbonyl (C=O) groups excluding carboxylic acids is 2. The third kappa shape index (κ3) is 6.09. The quantitative estimate of drug-likeness (QED) is 0.260. The second-order valence-electron chi connectivity index (χ2n) is 6.19. The fraction of sp³-hybridized carbons (Fsp3) is 0.350. The second kappa shape index (κ2) is 10.3. The topological polar surface area (TPSA) is 70.4 Å². The van der Waals surface area contributed by atoms with Gasteiger partial charge in [-0.2, -0.15) is 13.2 Å². The van der Waals surface area contributed by atoms with Crippen molar-refractivity contribution in [3.8, 4) is 11.4 Å². The van der Waals surface area contributed by atoms with Crippen LogP contribution in [0.15, 0.2) is 36.3 Å². The summed E-state index contributed by atoms with van der Waals surface area (Å²) in [6.45, 7) is 1.97. The van der Waals surface area contributed by atoms with E-state index in [1.165, 1.54) is 13.2 Å². The van der Waals surface area contributed by atoms with Crippen molar-refractivity contribution in [2.45, 2.75) is 32.4 Å². The molecule has 2 aromatic rings. The van der Waals surface area contributed by atoms with E-state index in [1.807, 2.05) is 13.1 Å². The van der Waals surface area contributed by atoms with Crippen LogP contribution in [-0.4, -0.2) is 40.7 Å². The van der Waals surface area contributed by atoms with Gasteiger partial charge in [-0.1, -0.05) is 13.0 Å².